The van der Waals surface area contributed by atoms with Crippen LogP contribution in [0.1, 0.15) is 68.1 Å². The van der Waals surface area contributed by atoms with E-state index in [-0.39, 0.29) is 5.92 Å². The van der Waals surface area contributed by atoms with Crippen LogP contribution in [-0.4, -0.2) is 23.1 Å². The summed E-state index contributed by atoms with van der Waals surface area (Å²) in [5.41, 5.74) is 3.58. The number of nitrogens with zero attached hydrogens (tertiary/aromatic N) is 3. The van der Waals surface area contributed by atoms with E-state index in [2.05, 4.69) is 24.8 Å². The molecule has 5 heteroatoms. The molecule has 1 atom stereocenters. The Hall–Kier alpha value is -1.32. The fourth-order valence-electron chi connectivity index (χ4n) is 3.86. The SMILES string of the molecule is CCCCN(CC)c1nc(C)nc2c1CCCC2c1ccc(Cl)cc1Cl. The minimum Gasteiger partial charge on any atom is -0.357 e. The van der Waals surface area contributed by atoms with Gasteiger partial charge in [0.1, 0.15) is 11.6 Å². The number of rotatable bonds is 6. The van der Waals surface area contributed by atoms with Crippen molar-refractivity contribution in [3.63, 3.8) is 0 Å². The maximum atomic E-state index is 6.53. The van der Waals surface area contributed by atoms with Crippen LogP contribution in [0.25, 0.3) is 0 Å². The molecule has 140 valence electrons. The Morgan fingerprint density at radius 3 is 2.69 bits per heavy atom. The second-order valence-electron chi connectivity index (χ2n) is 7.00. The Morgan fingerprint density at radius 1 is 1.19 bits per heavy atom. The van der Waals surface area contributed by atoms with Crippen LogP contribution in [0.3, 0.4) is 0 Å². The molecule has 1 aliphatic rings. The molecule has 1 aliphatic carbocycles. The number of benzene rings is 1. The van der Waals surface area contributed by atoms with E-state index in [9.17, 15) is 0 Å². The van der Waals surface area contributed by atoms with Crippen molar-refractivity contribution in [3.8, 4) is 0 Å². The van der Waals surface area contributed by atoms with Crippen molar-refractivity contribution in [3.05, 3.63) is 50.9 Å². The second-order valence-corrected chi connectivity index (χ2v) is 7.85. The van der Waals surface area contributed by atoms with Gasteiger partial charge in [-0.15, -0.1) is 0 Å². The fourth-order valence-corrected chi connectivity index (χ4v) is 4.40. The van der Waals surface area contributed by atoms with E-state index in [4.69, 9.17) is 33.2 Å². The van der Waals surface area contributed by atoms with Crippen molar-refractivity contribution >= 4 is 29.0 Å². The van der Waals surface area contributed by atoms with E-state index in [0.29, 0.717) is 5.02 Å². The van der Waals surface area contributed by atoms with Crippen LogP contribution in [0.2, 0.25) is 10.0 Å². The largest absolute Gasteiger partial charge is 0.357 e. The molecule has 1 aromatic carbocycles. The van der Waals surface area contributed by atoms with Gasteiger partial charge in [0.25, 0.3) is 0 Å². The zero-order valence-corrected chi connectivity index (χ0v) is 17.4. The minimum absolute atomic E-state index is 0.217. The highest BCUT2D eigenvalue weighted by Gasteiger charge is 2.29. The predicted octanol–water partition coefficient (Wildman–Crippen LogP) is 6.19. The number of aromatic nitrogens is 2. The number of hydrogen-bond donors (Lipinski definition) is 0. The average Bonchev–Trinajstić information content (AvgIpc) is 2.62. The zero-order chi connectivity index (χ0) is 18.7. The van der Waals surface area contributed by atoms with E-state index in [1.807, 2.05) is 19.1 Å². The monoisotopic (exact) mass is 391 g/mol. The first-order valence-corrected chi connectivity index (χ1v) is 10.4. The summed E-state index contributed by atoms with van der Waals surface area (Å²) in [6, 6.07) is 5.81. The van der Waals surface area contributed by atoms with Gasteiger partial charge in [0.15, 0.2) is 0 Å². The first-order chi connectivity index (χ1) is 12.5. The summed E-state index contributed by atoms with van der Waals surface area (Å²) >= 11 is 12.6. The van der Waals surface area contributed by atoms with Crippen molar-refractivity contribution in [1.29, 1.82) is 0 Å². The summed E-state index contributed by atoms with van der Waals surface area (Å²) in [5, 5.41) is 1.40. The lowest BCUT2D eigenvalue weighted by Crippen LogP contribution is -2.29. The Morgan fingerprint density at radius 2 is 2.00 bits per heavy atom. The topological polar surface area (TPSA) is 29.0 Å². The summed E-state index contributed by atoms with van der Waals surface area (Å²) in [6.07, 6.45) is 5.59. The molecule has 0 N–H and O–H groups in total. The molecule has 1 unspecified atom stereocenters. The molecule has 1 heterocycles. The second kappa shape index (κ2) is 8.58. The quantitative estimate of drug-likeness (QED) is 0.587. The zero-order valence-electron chi connectivity index (χ0n) is 15.9. The lowest BCUT2D eigenvalue weighted by Gasteiger charge is -2.31. The van der Waals surface area contributed by atoms with Crippen LogP contribution in [0.4, 0.5) is 5.82 Å². The van der Waals surface area contributed by atoms with Crippen molar-refractivity contribution in [1.82, 2.24) is 9.97 Å². The number of hydrogen-bond acceptors (Lipinski definition) is 3. The summed E-state index contributed by atoms with van der Waals surface area (Å²) in [7, 11) is 0. The smallest absolute Gasteiger partial charge is 0.135 e. The Balaban J connectivity index is 2.07. The van der Waals surface area contributed by atoms with Gasteiger partial charge in [-0.3, -0.25) is 0 Å². The van der Waals surface area contributed by atoms with Gasteiger partial charge in [-0.1, -0.05) is 42.6 Å². The first kappa shape index (κ1) is 19.4. The molecule has 3 nitrogen and oxygen atoms in total. The Labute approximate surface area is 166 Å². The Kier molecular flexibility index (Phi) is 6.42. The fraction of sp³-hybridized carbons (Fsp3) is 0.524. The van der Waals surface area contributed by atoms with Crippen LogP contribution in [0.15, 0.2) is 18.2 Å². The molecule has 26 heavy (non-hydrogen) atoms. The predicted molar refractivity (Wildman–Crippen MR) is 111 cm³/mol. The molecule has 0 fully saturated rings. The standard InChI is InChI=1S/C21H27Cl2N3/c1-4-6-12-26(5-2)21-18-9-7-8-17(20(18)24-14(3)25-21)16-11-10-15(22)13-19(16)23/h10-11,13,17H,4-9,12H2,1-3H3. The molecule has 0 spiro atoms. The molecule has 2 aromatic rings. The van der Waals surface area contributed by atoms with Gasteiger partial charge < -0.3 is 4.90 Å². The third-order valence-corrected chi connectivity index (χ3v) is 5.74. The van der Waals surface area contributed by atoms with Crippen LogP contribution in [0.5, 0.6) is 0 Å². The number of halogens is 2. The lowest BCUT2D eigenvalue weighted by molar-refractivity contribution is 0.587. The average molecular weight is 392 g/mol. The summed E-state index contributed by atoms with van der Waals surface area (Å²) in [5.74, 6) is 2.18. The highest BCUT2D eigenvalue weighted by Crippen LogP contribution is 2.41. The third kappa shape index (κ3) is 3.99. The molecule has 0 amide bonds. The number of anilines is 1. The number of aryl methyl sites for hydroxylation is 1. The summed E-state index contributed by atoms with van der Waals surface area (Å²) in [4.78, 5) is 12.1. The molecule has 0 radical (unpaired) electrons. The summed E-state index contributed by atoms with van der Waals surface area (Å²) < 4.78 is 0. The van der Waals surface area contributed by atoms with E-state index in [1.165, 1.54) is 18.4 Å². The van der Waals surface area contributed by atoms with Gasteiger partial charge in [0.2, 0.25) is 0 Å². The molecule has 0 saturated heterocycles. The van der Waals surface area contributed by atoms with Gasteiger partial charge in [-0.25, -0.2) is 9.97 Å². The van der Waals surface area contributed by atoms with Crippen molar-refractivity contribution in [2.24, 2.45) is 0 Å². The molecule has 3 rings (SSSR count). The highest BCUT2D eigenvalue weighted by atomic mass is 35.5. The summed E-state index contributed by atoms with van der Waals surface area (Å²) in [6.45, 7) is 8.44. The third-order valence-electron chi connectivity index (χ3n) is 5.18. The van der Waals surface area contributed by atoms with E-state index in [0.717, 1.165) is 60.3 Å². The highest BCUT2D eigenvalue weighted by molar-refractivity contribution is 6.35. The van der Waals surface area contributed by atoms with E-state index < -0.39 is 0 Å². The van der Waals surface area contributed by atoms with Crippen LogP contribution < -0.4 is 4.90 Å². The minimum atomic E-state index is 0.217. The van der Waals surface area contributed by atoms with Gasteiger partial charge in [-0.05, 0) is 57.2 Å². The van der Waals surface area contributed by atoms with Crippen molar-refractivity contribution < 1.29 is 0 Å². The van der Waals surface area contributed by atoms with Gasteiger partial charge in [0.05, 0.1) is 5.69 Å². The normalized spacial score (nSPS) is 16.4. The molecule has 0 aliphatic heterocycles. The number of fused-ring (bicyclic) bond motifs is 1. The molecule has 0 saturated carbocycles. The Bertz CT molecular complexity index is 776. The molecular weight excluding hydrogens is 365 g/mol. The van der Waals surface area contributed by atoms with Gasteiger partial charge >= 0.3 is 0 Å². The first-order valence-electron chi connectivity index (χ1n) is 9.62. The van der Waals surface area contributed by atoms with Crippen LogP contribution in [0, 0.1) is 6.92 Å². The van der Waals surface area contributed by atoms with E-state index in [1.54, 1.807) is 0 Å². The van der Waals surface area contributed by atoms with Crippen LogP contribution >= 0.6 is 23.2 Å². The maximum Gasteiger partial charge on any atom is 0.135 e. The van der Waals surface area contributed by atoms with Crippen LogP contribution in [-0.2, 0) is 6.42 Å². The van der Waals surface area contributed by atoms with Crippen molar-refractivity contribution in [2.45, 2.75) is 58.8 Å². The van der Waals surface area contributed by atoms with Gasteiger partial charge in [0, 0.05) is 34.6 Å². The van der Waals surface area contributed by atoms with Gasteiger partial charge in [-0.2, -0.15) is 0 Å². The number of unbranched alkanes of at least 4 members (excludes halogenated alkanes) is 1. The molecule has 0 bridgehead atoms. The lowest BCUT2D eigenvalue weighted by atomic mass is 9.82. The molecular formula is C21H27Cl2N3. The van der Waals surface area contributed by atoms with E-state index >= 15 is 0 Å². The maximum absolute atomic E-state index is 6.53. The molecule has 1 aromatic heterocycles. The van der Waals surface area contributed by atoms with Crippen molar-refractivity contribution in [2.75, 3.05) is 18.0 Å².